The van der Waals surface area contributed by atoms with Crippen molar-refractivity contribution in [1.29, 1.82) is 0 Å². The predicted octanol–water partition coefficient (Wildman–Crippen LogP) is 4.21. The van der Waals surface area contributed by atoms with E-state index in [0.29, 0.717) is 12.8 Å². The van der Waals surface area contributed by atoms with Gasteiger partial charge in [0, 0.05) is 22.2 Å². The molecule has 0 saturated heterocycles. The van der Waals surface area contributed by atoms with Crippen molar-refractivity contribution >= 4 is 49.5 Å². The number of thiophene rings is 1. The summed E-state index contributed by atoms with van der Waals surface area (Å²) >= 11 is 3.27. The SMILES string of the molecule is COC(=O)CCc1csc(Nc2ccc3sccc3c2)n1. The van der Waals surface area contributed by atoms with Crippen molar-refractivity contribution in [2.45, 2.75) is 12.8 Å². The fourth-order valence-electron chi connectivity index (χ4n) is 1.98. The first-order valence-corrected chi connectivity index (χ1v) is 8.26. The zero-order valence-corrected chi connectivity index (χ0v) is 13.1. The molecule has 0 aliphatic carbocycles. The van der Waals surface area contributed by atoms with E-state index in [4.69, 9.17) is 0 Å². The molecule has 0 saturated carbocycles. The number of benzene rings is 1. The summed E-state index contributed by atoms with van der Waals surface area (Å²) in [7, 11) is 1.40. The molecule has 0 unspecified atom stereocenters. The van der Waals surface area contributed by atoms with E-state index in [1.54, 1.807) is 11.3 Å². The molecular weight excluding hydrogens is 304 g/mol. The van der Waals surface area contributed by atoms with Gasteiger partial charge in [-0.15, -0.1) is 22.7 Å². The molecule has 0 radical (unpaired) electrons. The second-order valence-corrected chi connectivity index (χ2v) is 6.32. The van der Waals surface area contributed by atoms with E-state index >= 15 is 0 Å². The van der Waals surface area contributed by atoms with Crippen LogP contribution in [-0.2, 0) is 16.0 Å². The van der Waals surface area contributed by atoms with Crippen molar-refractivity contribution in [3.63, 3.8) is 0 Å². The van der Waals surface area contributed by atoms with E-state index in [-0.39, 0.29) is 5.97 Å². The number of carbonyl (C=O) groups excluding carboxylic acids is 1. The molecule has 0 bridgehead atoms. The van der Waals surface area contributed by atoms with Crippen LogP contribution in [-0.4, -0.2) is 18.1 Å². The van der Waals surface area contributed by atoms with Gasteiger partial charge in [0.05, 0.1) is 19.2 Å². The highest BCUT2D eigenvalue weighted by Crippen LogP contribution is 2.27. The smallest absolute Gasteiger partial charge is 0.305 e. The number of nitrogens with one attached hydrogen (secondary N) is 1. The van der Waals surface area contributed by atoms with Gasteiger partial charge in [-0.1, -0.05) is 0 Å². The highest BCUT2D eigenvalue weighted by atomic mass is 32.1. The van der Waals surface area contributed by atoms with Gasteiger partial charge in [0.1, 0.15) is 0 Å². The fraction of sp³-hybridized carbons (Fsp3) is 0.200. The summed E-state index contributed by atoms with van der Waals surface area (Å²) in [5.74, 6) is -0.208. The third-order valence-electron chi connectivity index (χ3n) is 3.07. The number of fused-ring (bicyclic) bond motifs is 1. The molecule has 0 atom stereocenters. The zero-order valence-electron chi connectivity index (χ0n) is 11.5. The van der Waals surface area contributed by atoms with Gasteiger partial charge in [-0.3, -0.25) is 4.79 Å². The molecule has 0 amide bonds. The van der Waals surface area contributed by atoms with E-state index in [1.807, 2.05) is 11.4 Å². The maximum absolute atomic E-state index is 11.1. The number of nitrogens with zero attached hydrogens (tertiary/aromatic N) is 1. The molecule has 0 aliphatic heterocycles. The average Bonchev–Trinajstić information content (AvgIpc) is 3.13. The van der Waals surface area contributed by atoms with Crippen LogP contribution in [0.25, 0.3) is 10.1 Å². The minimum atomic E-state index is -0.208. The minimum Gasteiger partial charge on any atom is -0.469 e. The number of hydrogen-bond acceptors (Lipinski definition) is 6. The molecule has 1 N–H and O–H groups in total. The van der Waals surface area contributed by atoms with Gasteiger partial charge in [-0.25, -0.2) is 4.98 Å². The first-order valence-electron chi connectivity index (χ1n) is 6.50. The Labute approximate surface area is 130 Å². The van der Waals surface area contributed by atoms with E-state index in [2.05, 4.69) is 38.6 Å². The van der Waals surface area contributed by atoms with Crippen LogP contribution in [0.5, 0.6) is 0 Å². The van der Waals surface area contributed by atoms with Crippen LogP contribution >= 0.6 is 22.7 Å². The van der Waals surface area contributed by atoms with Crippen molar-refractivity contribution in [1.82, 2.24) is 4.98 Å². The number of methoxy groups -OCH3 is 1. The van der Waals surface area contributed by atoms with E-state index < -0.39 is 0 Å². The largest absolute Gasteiger partial charge is 0.469 e. The molecular formula is C15H14N2O2S2. The zero-order chi connectivity index (χ0) is 14.7. The van der Waals surface area contributed by atoms with Crippen LogP contribution < -0.4 is 5.32 Å². The van der Waals surface area contributed by atoms with Gasteiger partial charge in [-0.05, 0) is 35.0 Å². The molecule has 4 nitrogen and oxygen atoms in total. The normalized spacial score (nSPS) is 10.7. The van der Waals surface area contributed by atoms with Gasteiger partial charge in [-0.2, -0.15) is 0 Å². The number of hydrogen-bond donors (Lipinski definition) is 1. The molecule has 21 heavy (non-hydrogen) atoms. The van der Waals surface area contributed by atoms with Crippen LogP contribution in [0.2, 0.25) is 0 Å². The Morgan fingerprint density at radius 1 is 1.33 bits per heavy atom. The van der Waals surface area contributed by atoms with E-state index in [9.17, 15) is 4.79 Å². The number of carbonyl (C=O) groups is 1. The van der Waals surface area contributed by atoms with Gasteiger partial charge in [0.25, 0.3) is 0 Å². The topological polar surface area (TPSA) is 51.2 Å². The van der Waals surface area contributed by atoms with E-state index in [0.717, 1.165) is 16.5 Å². The Morgan fingerprint density at radius 3 is 3.10 bits per heavy atom. The molecule has 2 aromatic heterocycles. The summed E-state index contributed by atoms with van der Waals surface area (Å²) in [5.41, 5.74) is 1.93. The Morgan fingerprint density at radius 2 is 2.24 bits per heavy atom. The quantitative estimate of drug-likeness (QED) is 0.716. The molecule has 3 aromatic rings. The number of aromatic nitrogens is 1. The van der Waals surface area contributed by atoms with Crippen LogP contribution in [0.3, 0.4) is 0 Å². The third kappa shape index (κ3) is 3.40. The lowest BCUT2D eigenvalue weighted by Crippen LogP contribution is -2.02. The fourth-order valence-corrected chi connectivity index (χ4v) is 3.52. The van der Waals surface area contributed by atoms with Crippen molar-refractivity contribution in [2.24, 2.45) is 0 Å². The van der Waals surface area contributed by atoms with Gasteiger partial charge >= 0.3 is 5.97 Å². The maximum Gasteiger partial charge on any atom is 0.305 e. The van der Waals surface area contributed by atoms with Crippen LogP contribution in [0.15, 0.2) is 35.0 Å². The molecule has 0 aliphatic rings. The number of ether oxygens (including phenoxy) is 1. The Bertz CT molecular complexity index is 764. The predicted molar refractivity (Wildman–Crippen MR) is 87.6 cm³/mol. The summed E-state index contributed by atoms with van der Waals surface area (Å²) in [4.78, 5) is 15.6. The minimum absolute atomic E-state index is 0.208. The van der Waals surface area contributed by atoms with Crippen molar-refractivity contribution in [2.75, 3.05) is 12.4 Å². The van der Waals surface area contributed by atoms with Crippen LogP contribution in [0.4, 0.5) is 10.8 Å². The Kier molecular flexibility index (Phi) is 4.17. The Balaban J connectivity index is 1.67. The number of rotatable bonds is 5. The van der Waals surface area contributed by atoms with E-state index in [1.165, 1.54) is 28.5 Å². The molecule has 0 spiro atoms. The lowest BCUT2D eigenvalue weighted by atomic mass is 10.2. The maximum atomic E-state index is 11.1. The van der Waals surface area contributed by atoms with Crippen LogP contribution in [0, 0.1) is 0 Å². The number of aryl methyl sites for hydroxylation is 1. The van der Waals surface area contributed by atoms with Crippen molar-refractivity contribution in [3.8, 4) is 0 Å². The number of anilines is 2. The molecule has 1 aromatic carbocycles. The highest BCUT2D eigenvalue weighted by Gasteiger charge is 2.06. The molecule has 6 heteroatoms. The first-order chi connectivity index (χ1) is 10.2. The summed E-state index contributed by atoms with van der Waals surface area (Å²) in [6, 6.07) is 8.37. The standard InChI is InChI=1S/C15H14N2O2S2/c1-19-14(18)5-3-12-9-21-15(17-12)16-11-2-4-13-10(8-11)6-7-20-13/h2,4,6-9H,3,5H2,1H3,(H,16,17). The molecule has 0 fully saturated rings. The second-order valence-electron chi connectivity index (χ2n) is 4.52. The van der Waals surface area contributed by atoms with Crippen LogP contribution in [0.1, 0.15) is 12.1 Å². The number of esters is 1. The summed E-state index contributed by atoms with van der Waals surface area (Å²) in [5, 5.41) is 9.42. The molecule has 3 rings (SSSR count). The lowest BCUT2D eigenvalue weighted by Gasteiger charge is -2.02. The average molecular weight is 318 g/mol. The summed E-state index contributed by atoms with van der Waals surface area (Å²) in [6.07, 6.45) is 0.967. The number of thiazole rings is 1. The highest BCUT2D eigenvalue weighted by molar-refractivity contribution is 7.17. The monoisotopic (exact) mass is 318 g/mol. The van der Waals surface area contributed by atoms with Gasteiger partial charge in [0.15, 0.2) is 5.13 Å². The van der Waals surface area contributed by atoms with Gasteiger partial charge < -0.3 is 10.1 Å². The van der Waals surface area contributed by atoms with Crippen molar-refractivity contribution in [3.05, 3.63) is 40.7 Å². The summed E-state index contributed by atoms with van der Waals surface area (Å²) in [6.45, 7) is 0. The second kappa shape index (κ2) is 6.24. The Hall–Kier alpha value is -1.92. The van der Waals surface area contributed by atoms with Crippen molar-refractivity contribution < 1.29 is 9.53 Å². The third-order valence-corrected chi connectivity index (χ3v) is 4.77. The molecule has 108 valence electrons. The summed E-state index contributed by atoms with van der Waals surface area (Å²) < 4.78 is 5.91. The first kappa shape index (κ1) is 14.0. The molecule has 2 heterocycles. The van der Waals surface area contributed by atoms with Gasteiger partial charge in [0.2, 0.25) is 0 Å². The lowest BCUT2D eigenvalue weighted by molar-refractivity contribution is -0.140.